The minimum absolute atomic E-state index is 0.258. The number of benzene rings is 1. The smallest absolute Gasteiger partial charge is 0.0580 e. The Morgan fingerprint density at radius 3 is 2.56 bits per heavy atom. The molecule has 1 aromatic heterocycles. The van der Waals surface area contributed by atoms with Gasteiger partial charge in [0.15, 0.2) is 0 Å². The van der Waals surface area contributed by atoms with E-state index in [1.54, 1.807) is 0 Å². The Morgan fingerprint density at radius 1 is 1.11 bits per heavy atom. The van der Waals surface area contributed by atoms with Gasteiger partial charge in [0.25, 0.3) is 0 Å². The van der Waals surface area contributed by atoms with Gasteiger partial charge in [0, 0.05) is 12.4 Å². The molecule has 0 radical (unpaired) electrons. The van der Waals surface area contributed by atoms with E-state index in [9.17, 15) is 0 Å². The second-order valence-electron chi connectivity index (χ2n) is 4.33. The molecule has 0 saturated heterocycles. The fourth-order valence-electron chi connectivity index (χ4n) is 2.27. The molecular weight excluding hydrogens is 220 g/mol. The fraction of sp³-hybridized carbons (Fsp3) is 0.312. The van der Waals surface area contributed by atoms with E-state index >= 15 is 0 Å². The monoisotopic (exact) mass is 240 g/mol. The summed E-state index contributed by atoms with van der Waals surface area (Å²) in [6.07, 6.45) is 4.86. The van der Waals surface area contributed by atoms with Gasteiger partial charge in [-0.3, -0.25) is 4.98 Å². The van der Waals surface area contributed by atoms with Crippen LogP contribution in [0.5, 0.6) is 0 Å². The van der Waals surface area contributed by atoms with Crippen LogP contribution >= 0.6 is 0 Å². The van der Waals surface area contributed by atoms with Gasteiger partial charge >= 0.3 is 0 Å². The zero-order valence-electron chi connectivity index (χ0n) is 11.1. The van der Waals surface area contributed by atoms with Gasteiger partial charge in [-0.05, 0) is 35.7 Å². The zero-order chi connectivity index (χ0) is 12.8. The maximum Gasteiger partial charge on any atom is 0.0580 e. The van der Waals surface area contributed by atoms with Gasteiger partial charge < -0.3 is 5.32 Å². The van der Waals surface area contributed by atoms with Crippen LogP contribution < -0.4 is 5.32 Å². The van der Waals surface area contributed by atoms with Crippen molar-refractivity contribution >= 4 is 0 Å². The summed E-state index contributed by atoms with van der Waals surface area (Å²) >= 11 is 0. The molecule has 0 bridgehead atoms. The topological polar surface area (TPSA) is 24.9 Å². The highest BCUT2D eigenvalue weighted by Crippen LogP contribution is 2.24. The van der Waals surface area contributed by atoms with E-state index in [1.807, 2.05) is 12.4 Å². The lowest BCUT2D eigenvalue weighted by atomic mass is 9.95. The van der Waals surface area contributed by atoms with Gasteiger partial charge in [-0.1, -0.05) is 44.2 Å². The van der Waals surface area contributed by atoms with E-state index in [0.717, 1.165) is 13.0 Å². The highest BCUT2D eigenvalue weighted by molar-refractivity contribution is 5.35. The molecule has 0 aliphatic carbocycles. The maximum absolute atomic E-state index is 4.22. The van der Waals surface area contributed by atoms with Crippen LogP contribution in [0.1, 0.15) is 36.6 Å². The quantitative estimate of drug-likeness (QED) is 0.867. The third kappa shape index (κ3) is 2.77. The SMILES string of the molecule is CCNC(c1ccccc1)c1ccncc1CC. The molecule has 0 aliphatic heterocycles. The van der Waals surface area contributed by atoms with Crippen LogP contribution in [-0.4, -0.2) is 11.5 Å². The molecule has 1 aromatic carbocycles. The van der Waals surface area contributed by atoms with Crippen molar-refractivity contribution in [3.63, 3.8) is 0 Å². The number of nitrogens with zero attached hydrogens (tertiary/aromatic N) is 1. The van der Waals surface area contributed by atoms with Gasteiger partial charge in [0.1, 0.15) is 0 Å². The summed E-state index contributed by atoms with van der Waals surface area (Å²) in [5.74, 6) is 0. The molecule has 0 spiro atoms. The highest BCUT2D eigenvalue weighted by Gasteiger charge is 2.15. The molecule has 2 nitrogen and oxygen atoms in total. The molecule has 1 heterocycles. The van der Waals surface area contributed by atoms with E-state index in [1.165, 1.54) is 16.7 Å². The molecule has 2 aromatic rings. The molecule has 0 saturated carbocycles. The third-order valence-corrected chi connectivity index (χ3v) is 3.17. The summed E-state index contributed by atoms with van der Waals surface area (Å²) in [5.41, 5.74) is 3.95. The van der Waals surface area contributed by atoms with E-state index in [0.29, 0.717) is 0 Å². The van der Waals surface area contributed by atoms with Crippen molar-refractivity contribution in [3.05, 3.63) is 65.5 Å². The minimum Gasteiger partial charge on any atom is -0.307 e. The first-order valence-corrected chi connectivity index (χ1v) is 6.58. The predicted molar refractivity (Wildman–Crippen MR) is 75.6 cm³/mol. The first kappa shape index (κ1) is 12.8. The number of rotatable bonds is 5. The van der Waals surface area contributed by atoms with Crippen LogP contribution in [0, 0.1) is 0 Å². The average Bonchev–Trinajstić information content (AvgIpc) is 2.46. The molecule has 1 unspecified atom stereocenters. The van der Waals surface area contributed by atoms with Gasteiger partial charge in [-0.15, -0.1) is 0 Å². The minimum atomic E-state index is 0.258. The van der Waals surface area contributed by atoms with Crippen molar-refractivity contribution in [2.75, 3.05) is 6.54 Å². The van der Waals surface area contributed by atoms with Crippen LogP contribution in [0.2, 0.25) is 0 Å². The highest BCUT2D eigenvalue weighted by atomic mass is 14.9. The van der Waals surface area contributed by atoms with Crippen LogP contribution in [0.15, 0.2) is 48.8 Å². The van der Waals surface area contributed by atoms with Crippen LogP contribution in [-0.2, 0) is 6.42 Å². The number of hydrogen-bond acceptors (Lipinski definition) is 2. The summed E-state index contributed by atoms with van der Waals surface area (Å²) in [6.45, 7) is 5.27. The second-order valence-corrected chi connectivity index (χ2v) is 4.33. The molecule has 1 N–H and O–H groups in total. The van der Waals surface area contributed by atoms with E-state index in [-0.39, 0.29) is 6.04 Å². The molecule has 2 heteroatoms. The van der Waals surface area contributed by atoms with Crippen molar-refractivity contribution in [1.29, 1.82) is 0 Å². The largest absolute Gasteiger partial charge is 0.307 e. The average molecular weight is 240 g/mol. The zero-order valence-corrected chi connectivity index (χ0v) is 11.1. The van der Waals surface area contributed by atoms with Gasteiger partial charge in [-0.2, -0.15) is 0 Å². The van der Waals surface area contributed by atoms with E-state index < -0.39 is 0 Å². The van der Waals surface area contributed by atoms with Gasteiger partial charge in [-0.25, -0.2) is 0 Å². The summed E-state index contributed by atoms with van der Waals surface area (Å²) in [6, 6.07) is 13.0. The third-order valence-electron chi connectivity index (χ3n) is 3.17. The summed E-state index contributed by atoms with van der Waals surface area (Å²) < 4.78 is 0. The Hall–Kier alpha value is -1.67. The Morgan fingerprint density at radius 2 is 1.89 bits per heavy atom. The maximum atomic E-state index is 4.22. The number of aryl methyl sites for hydroxylation is 1. The van der Waals surface area contributed by atoms with Crippen LogP contribution in [0.25, 0.3) is 0 Å². The predicted octanol–water partition coefficient (Wildman–Crippen LogP) is 3.34. The van der Waals surface area contributed by atoms with Crippen LogP contribution in [0.4, 0.5) is 0 Å². The summed E-state index contributed by atoms with van der Waals surface area (Å²) in [4.78, 5) is 4.22. The normalized spacial score (nSPS) is 12.3. The Labute approximate surface area is 109 Å². The number of pyridine rings is 1. The summed E-state index contributed by atoms with van der Waals surface area (Å²) in [7, 11) is 0. The van der Waals surface area contributed by atoms with E-state index in [4.69, 9.17) is 0 Å². The Kier molecular flexibility index (Phi) is 4.48. The molecule has 0 amide bonds. The molecule has 0 fully saturated rings. The number of hydrogen-bond donors (Lipinski definition) is 1. The van der Waals surface area contributed by atoms with Crippen molar-refractivity contribution in [2.24, 2.45) is 0 Å². The molecule has 18 heavy (non-hydrogen) atoms. The molecule has 2 rings (SSSR count). The first-order valence-electron chi connectivity index (χ1n) is 6.58. The second kappa shape index (κ2) is 6.31. The lowest BCUT2D eigenvalue weighted by Crippen LogP contribution is -2.23. The molecular formula is C16H20N2. The van der Waals surface area contributed by atoms with Crippen molar-refractivity contribution in [1.82, 2.24) is 10.3 Å². The molecule has 0 aliphatic rings. The Balaban J connectivity index is 2.41. The summed E-state index contributed by atoms with van der Waals surface area (Å²) in [5, 5.41) is 3.56. The lowest BCUT2D eigenvalue weighted by Gasteiger charge is -2.21. The molecule has 94 valence electrons. The van der Waals surface area contributed by atoms with Gasteiger partial charge in [0.05, 0.1) is 6.04 Å². The number of nitrogens with one attached hydrogen (secondary N) is 1. The Bertz CT molecular complexity index is 479. The van der Waals surface area contributed by atoms with Crippen molar-refractivity contribution < 1.29 is 0 Å². The lowest BCUT2D eigenvalue weighted by molar-refractivity contribution is 0.624. The number of aromatic nitrogens is 1. The van der Waals surface area contributed by atoms with Crippen LogP contribution in [0.3, 0.4) is 0 Å². The van der Waals surface area contributed by atoms with Gasteiger partial charge in [0.2, 0.25) is 0 Å². The van der Waals surface area contributed by atoms with Crippen molar-refractivity contribution in [3.8, 4) is 0 Å². The van der Waals surface area contributed by atoms with Crippen molar-refractivity contribution in [2.45, 2.75) is 26.3 Å². The first-order chi connectivity index (χ1) is 8.86. The standard InChI is InChI=1S/C16H20N2/c1-3-13-12-17-11-10-15(13)16(18-4-2)14-8-6-5-7-9-14/h5-12,16,18H,3-4H2,1-2H3. The van der Waals surface area contributed by atoms with E-state index in [2.05, 4.69) is 60.5 Å². The molecule has 1 atom stereocenters. The fourth-order valence-corrected chi connectivity index (χ4v) is 2.27.